The molecule has 0 spiro atoms. The fourth-order valence-electron chi connectivity index (χ4n) is 6.88. The molecule has 2 aromatic carbocycles. The first-order chi connectivity index (χ1) is 22.0. The largest absolute Gasteiger partial charge is 0.481 e. The Bertz CT molecular complexity index is 1690. The van der Waals surface area contributed by atoms with Crippen LogP contribution in [0, 0.1) is 19.8 Å². The third-order valence-electron chi connectivity index (χ3n) is 9.41. The zero-order valence-electron chi connectivity index (χ0n) is 27.6. The molecule has 2 amide bonds. The number of carboxylic acid groups (broad SMARTS) is 1. The number of benzene rings is 2. The molecule has 1 unspecified atom stereocenters. The van der Waals surface area contributed by atoms with Gasteiger partial charge < -0.3 is 20.1 Å². The number of hydrogen-bond donors (Lipinski definition) is 2. The number of carbonyl (C=O) groups is 3. The molecule has 2 N–H and O–H groups in total. The molecule has 0 saturated carbocycles. The van der Waals surface area contributed by atoms with Gasteiger partial charge in [-0.15, -0.1) is 0 Å². The fraction of sp³-hybridized carbons (Fsp3) is 0.405. The van der Waals surface area contributed by atoms with Crippen LogP contribution in [0.15, 0.2) is 54.1 Å². The first-order valence-electron chi connectivity index (χ1n) is 16.0. The number of amides is 2. The quantitative estimate of drug-likeness (QED) is 0.166. The number of fused-ring (bicyclic) bond motifs is 1. The Morgan fingerprint density at radius 2 is 1.67 bits per heavy atom. The minimum Gasteiger partial charge on any atom is -0.481 e. The van der Waals surface area contributed by atoms with Gasteiger partial charge in [0.05, 0.1) is 18.7 Å². The SMILES string of the molecule is CC/C=C(/C(=O)Nc1cccc(-c2cccc(-c3cc4c(c(OC)n3)C(N3CCC(C(=O)O)CC3)CC4)c2C)c1C)C(=O)N(C)C. The number of anilines is 1. The lowest BCUT2D eigenvalue weighted by Crippen LogP contribution is -2.38. The van der Waals surface area contributed by atoms with Gasteiger partial charge >= 0.3 is 5.97 Å². The highest BCUT2D eigenvalue weighted by atomic mass is 16.5. The van der Waals surface area contributed by atoms with Crippen molar-refractivity contribution in [3.63, 3.8) is 0 Å². The predicted octanol–water partition coefficient (Wildman–Crippen LogP) is 6.19. The van der Waals surface area contributed by atoms with Crippen molar-refractivity contribution in [3.05, 3.63) is 76.4 Å². The van der Waals surface area contributed by atoms with Gasteiger partial charge in [-0.3, -0.25) is 19.3 Å². The Balaban J connectivity index is 1.45. The Morgan fingerprint density at radius 1 is 1.02 bits per heavy atom. The van der Waals surface area contributed by atoms with Gasteiger partial charge in [-0.2, -0.15) is 0 Å². The van der Waals surface area contributed by atoms with Crippen LogP contribution >= 0.6 is 0 Å². The Morgan fingerprint density at radius 3 is 2.30 bits per heavy atom. The standard InChI is InChI=1S/C37H44N4O5/c1-7-10-29(36(43)40(4)5)34(42)38-30-14-9-12-27(23(30)3)26-11-8-13-28(22(26)2)31-21-25-15-16-32(33(25)35(39-31)46-6)41-19-17-24(18-20-41)37(44)45/h8-14,21,24,32H,7,15-20H2,1-6H3,(H,38,42)(H,44,45)/b29-10-. The number of ether oxygens (including phenoxy) is 1. The van der Waals surface area contributed by atoms with Gasteiger partial charge in [-0.05, 0) is 99.0 Å². The van der Waals surface area contributed by atoms with Gasteiger partial charge in [-0.1, -0.05) is 43.3 Å². The molecule has 0 bridgehead atoms. The number of aliphatic carboxylic acids is 1. The minimum atomic E-state index is -0.700. The topological polar surface area (TPSA) is 112 Å². The summed E-state index contributed by atoms with van der Waals surface area (Å²) in [6.07, 6.45) is 5.43. The summed E-state index contributed by atoms with van der Waals surface area (Å²) >= 11 is 0. The first-order valence-corrected chi connectivity index (χ1v) is 16.0. The number of aryl methyl sites for hydroxylation is 1. The number of rotatable bonds is 9. The number of carboxylic acids is 1. The molecule has 1 atom stereocenters. The highest BCUT2D eigenvalue weighted by Gasteiger charge is 2.36. The third kappa shape index (κ3) is 6.42. The van der Waals surface area contributed by atoms with Crippen molar-refractivity contribution in [2.24, 2.45) is 5.92 Å². The normalized spacial score (nSPS) is 17.0. The highest BCUT2D eigenvalue weighted by Crippen LogP contribution is 2.44. The zero-order chi connectivity index (χ0) is 33.1. The Labute approximate surface area is 271 Å². The molecule has 242 valence electrons. The molecule has 1 aliphatic heterocycles. The average Bonchev–Trinajstić information content (AvgIpc) is 3.48. The van der Waals surface area contributed by atoms with Crippen LogP contribution in [0.3, 0.4) is 0 Å². The Kier molecular flexibility index (Phi) is 9.91. The van der Waals surface area contributed by atoms with Crippen LogP contribution in [0.5, 0.6) is 5.88 Å². The number of hydrogen-bond acceptors (Lipinski definition) is 6. The van der Waals surface area contributed by atoms with Gasteiger partial charge in [0.2, 0.25) is 5.88 Å². The van der Waals surface area contributed by atoms with E-state index in [-0.39, 0.29) is 23.4 Å². The van der Waals surface area contributed by atoms with Crippen molar-refractivity contribution in [1.82, 2.24) is 14.8 Å². The van der Waals surface area contributed by atoms with E-state index in [1.165, 1.54) is 10.5 Å². The van der Waals surface area contributed by atoms with E-state index in [4.69, 9.17) is 9.72 Å². The second-order valence-electron chi connectivity index (χ2n) is 12.4. The number of aromatic nitrogens is 1. The van der Waals surface area contributed by atoms with E-state index in [2.05, 4.69) is 35.3 Å². The van der Waals surface area contributed by atoms with Gasteiger partial charge in [0.1, 0.15) is 5.57 Å². The number of likely N-dealkylation sites (N-methyl/N-ethyl adjacent to an activating group) is 1. The van der Waals surface area contributed by atoms with Crippen molar-refractivity contribution in [2.75, 3.05) is 39.6 Å². The summed E-state index contributed by atoms with van der Waals surface area (Å²) in [5.41, 5.74) is 8.94. The number of carbonyl (C=O) groups excluding carboxylic acids is 2. The van der Waals surface area contributed by atoms with Crippen LogP contribution in [0.1, 0.15) is 60.9 Å². The zero-order valence-corrected chi connectivity index (χ0v) is 27.6. The maximum Gasteiger partial charge on any atom is 0.306 e. The van der Waals surface area contributed by atoms with E-state index in [0.717, 1.165) is 65.0 Å². The molecule has 1 aromatic heterocycles. The maximum atomic E-state index is 13.2. The van der Waals surface area contributed by atoms with Crippen molar-refractivity contribution >= 4 is 23.5 Å². The van der Waals surface area contributed by atoms with E-state index in [0.29, 0.717) is 30.8 Å². The number of methoxy groups -OCH3 is 1. The van der Waals surface area contributed by atoms with Gasteiger partial charge in [0.15, 0.2) is 0 Å². The molecular weight excluding hydrogens is 580 g/mol. The van der Waals surface area contributed by atoms with Gasteiger partial charge in [0, 0.05) is 37.0 Å². The lowest BCUT2D eigenvalue weighted by atomic mass is 9.91. The molecular formula is C37H44N4O5. The monoisotopic (exact) mass is 624 g/mol. The van der Waals surface area contributed by atoms with Crippen molar-refractivity contribution in [1.29, 1.82) is 0 Å². The highest BCUT2D eigenvalue weighted by molar-refractivity contribution is 6.22. The van der Waals surface area contributed by atoms with Crippen LogP contribution < -0.4 is 10.1 Å². The summed E-state index contributed by atoms with van der Waals surface area (Å²) in [4.78, 5) is 46.2. The molecule has 5 rings (SSSR count). The number of nitrogens with zero attached hydrogens (tertiary/aromatic N) is 3. The fourth-order valence-corrected chi connectivity index (χ4v) is 6.88. The van der Waals surface area contributed by atoms with Crippen LogP contribution in [0.25, 0.3) is 22.4 Å². The molecule has 3 aromatic rings. The minimum absolute atomic E-state index is 0.124. The molecule has 2 aliphatic rings. The van der Waals surface area contributed by atoms with Crippen molar-refractivity contribution in [3.8, 4) is 28.3 Å². The summed E-state index contributed by atoms with van der Waals surface area (Å²) in [6.45, 7) is 7.48. The van der Waals surface area contributed by atoms with E-state index in [9.17, 15) is 19.5 Å². The first kappa shape index (κ1) is 32.9. The third-order valence-corrected chi connectivity index (χ3v) is 9.41. The number of nitrogens with one attached hydrogen (secondary N) is 1. The summed E-state index contributed by atoms with van der Waals surface area (Å²) in [5.74, 6) is -1.09. The maximum absolute atomic E-state index is 13.2. The summed E-state index contributed by atoms with van der Waals surface area (Å²) in [6, 6.07) is 14.3. The van der Waals surface area contributed by atoms with E-state index >= 15 is 0 Å². The van der Waals surface area contributed by atoms with E-state index in [1.807, 2.05) is 38.1 Å². The lowest BCUT2D eigenvalue weighted by molar-refractivity contribution is -0.143. The van der Waals surface area contributed by atoms with Gasteiger partial charge in [0.25, 0.3) is 11.8 Å². The second-order valence-corrected chi connectivity index (χ2v) is 12.4. The summed E-state index contributed by atoms with van der Waals surface area (Å²) in [7, 11) is 4.94. The van der Waals surface area contributed by atoms with Crippen molar-refractivity contribution in [2.45, 2.75) is 58.9 Å². The number of piperidine rings is 1. The predicted molar refractivity (Wildman–Crippen MR) is 180 cm³/mol. The van der Waals surface area contributed by atoms with Crippen molar-refractivity contribution < 1.29 is 24.2 Å². The molecule has 1 fully saturated rings. The number of allylic oxidation sites excluding steroid dienone is 1. The van der Waals surface area contributed by atoms with Crippen LogP contribution in [0.4, 0.5) is 5.69 Å². The smallest absolute Gasteiger partial charge is 0.306 e. The molecule has 9 nitrogen and oxygen atoms in total. The van der Waals surface area contributed by atoms with Gasteiger partial charge in [-0.25, -0.2) is 4.98 Å². The Hall–Kier alpha value is -4.50. The van der Waals surface area contributed by atoms with E-state index < -0.39 is 11.9 Å². The van der Waals surface area contributed by atoms with Crippen LogP contribution in [0.2, 0.25) is 0 Å². The lowest BCUT2D eigenvalue weighted by Gasteiger charge is -2.35. The van der Waals surface area contributed by atoms with E-state index in [1.54, 1.807) is 27.3 Å². The molecule has 1 saturated heterocycles. The van der Waals surface area contributed by atoms with Crippen LogP contribution in [-0.2, 0) is 20.8 Å². The average molecular weight is 625 g/mol. The molecule has 1 aliphatic carbocycles. The molecule has 2 heterocycles. The second kappa shape index (κ2) is 13.9. The summed E-state index contributed by atoms with van der Waals surface area (Å²) < 4.78 is 5.89. The molecule has 9 heteroatoms. The summed E-state index contributed by atoms with van der Waals surface area (Å²) in [5, 5.41) is 12.4. The molecule has 0 radical (unpaired) electrons. The number of likely N-dealkylation sites (tertiary alicyclic amines) is 1. The number of pyridine rings is 1. The molecule has 46 heavy (non-hydrogen) atoms. The van der Waals surface area contributed by atoms with Crippen LogP contribution in [-0.4, -0.2) is 72.0 Å².